The molecule has 1 saturated heterocycles. The van der Waals surface area contributed by atoms with E-state index in [0.717, 1.165) is 12.5 Å². The summed E-state index contributed by atoms with van der Waals surface area (Å²) in [7, 11) is 0. The van der Waals surface area contributed by atoms with E-state index in [2.05, 4.69) is 9.88 Å². The van der Waals surface area contributed by atoms with Gasteiger partial charge >= 0.3 is 5.97 Å². The maximum atomic E-state index is 11.7. The van der Waals surface area contributed by atoms with Crippen molar-refractivity contribution >= 4 is 12.0 Å². The zero-order valence-electron chi connectivity index (χ0n) is 12.0. The first-order valence-corrected chi connectivity index (χ1v) is 7.69. The minimum atomic E-state index is -0.403. The first-order valence-electron chi connectivity index (χ1n) is 7.69. The van der Waals surface area contributed by atoms with Crippen LogP contribution in [0.15, 0.2) is 10.7 Å². The van der Waals surface area contributed by atoms with Gasteiger partial charge in [0.1, 0.15) is 6.26 Å². The van der Waals surface area contributed by atoms with Gasteiger partial charge in [-0.25, -0.2) is 4.79 Å². The number of carbonyl (C=O) groups is 1. The third-order valence-electron chi connectivity index (χ3n) is 4.47. The number of hydrogen-bond donors (Lipinski definition) is 0. The number of carbonyl (C=O) groups excluding carboxylic acids is 1. The maximum Gasteiger partial charge on any atom is 0.360 e. The van der Waals surface area contributed by atoms with Crippen molar-refractivity contribution in [2.75, 3.05) is 18.1 Å². The number of fused-ring (bicyclic) bond motifs is 1. The van der Waals surface area contributed by atoms with E-state index in [0.29, 0.717) is 18.7 Å². The lowest BCUT2D eigenvalue weighted by Crippen LogP contribution is -2.47. The summed E-state index contributed by atoms with van der Waals surface area (Å²) in [6, 6.07) is 1.12. The van der Waals surface area contributed by atoms with Gasteiger partial charge in [-0.1, -0.05) is 12.8 Å². The average Bonchev–Trinajstić information content (AvgIpc) is 2.97. The standard InChI is InChI=1S/C15H22N2O3/c1-2-19-14(18)12-10-20-15(16-12)17-9-5-7-11-6-3-4-8-13(11)17/h10-11,13H,2-9H2,1H3/t11-,13-/m1/s1. The number of esters is 1. The predicted molar refractivity (Wildman–Crippen MR) is 74.8 cm³/mol. The highest BCUT2D eigenvalue weighted by atomic mass is 16.5. The molecule has 1 aromatic heterocycles. The van der Waals surface area contributed by atoms with Crippen molar-refractivity contribution in [2.24, 2.45) is 5.92 Å². The van der Waals surface area contributed by atoms with Crippen molar-refractivity contribution in [1.82, 2.24) is 4.98 Å². The molecule has 1 aliphatic carbocycles. The van der Waals surface area contributed by atoms with Gasteiger partial charge in [0, 0.05) is 12.6 Å². The molecule has 110 valence electrons. The fraction of sp³-hybridized carbons (Fsp3) is 0.733. The molecule has 20 heavy (non-hydrogen) atoms. The van der Waals surface area contributed by atoms with Crippen molar-refractivity contribution < 1.29 is 13.9 Å². The molecule has 2 heterocycles. The summed E-state index contributed by atoms with van der Waals surface area (Å²) in [6.45, 7) is 3.12. The number of aromatic nitrogens is 1. The molecule has 2 atom stereocenters. The lowest BCUT2D eigenvalue weighted by molar-refractivity contribution is 0.0519. The molecule has 0 bridgehead atoms. The second kappa shape index (κ2) is 5.85. The number of nitrogens with zero attached hydrogens (tertiary/aromatic N) is 2. The summed E-state index contributed by atoms with van der Waals surface area (Å²) in [4.78, 5) is 18.2. The van der Waals surface area contributed by atoms with Gasteiger partial charge in [-0.15, -0.1) is 0 Å². The van der Waals surface area contributed by atoms with Gasteiger partial charge in [0.2, 0.25) is 0 Å². The molecule has 0 amide bonds. The van der Waals surface area contributed by atoms with Gasteiger partial charge in [0.25, 0.3) is 6.01 Å². The topological polar surface area (TPSA) is 55.6 Å². The Morgan fingerprint density at radius 1 is 1.40 bits per heavy atom. The number of ether oxygens (including phenoxy) is 1. The Hall–Kier alpha value is -1.52. The Morgan fingerprint density at radius 2 is 2.20 bits per heavy atom. The van der Waals surface area contributed by atoms with E-state index in [4.69, 9.17) is 9.15 Å². The number of oxazole rings is 1. The van der Waals surface area contributed by atoms with Gasteiger partial charge in [-0.05, 0) is 38.5 Å². The Balaban J connectivity index is 1.76. The molecule has 1 aliphatic heterocycles. The third-order valence-corrected chi connectivity index (χ3v) is 4.47. The molecule has 0 radical (unpaired) electrons. The molecule has 5 nitrogen and oxygen atoms in total. The minimum absolute atomic E-state index is 0.278. The Morgan fingerprint density at radius 3 is 3.05 bits per heavy atom. The summed E-state index contributed by atoms with van der Waals surface area (Å²) < 4.78 is 10.5. The molecule has 3 rings (SSSR count). The van der Waals surface area contributed by atoms with Crippen LogP contribution < -0.4 is 4.90 Å². The summed E-state index contributed by atoms with van der Waals surface area (Å²) in [5, 5.41) is 0. The lowest BCUT2D eigenvalue weighted by Gasteiger charge is -2.43. The van der Waals surface area contributed by atoms with Crippen LogP contribution in [-0.2, 0) is 4.74 Å². The van der Waals surface area contributed by atoms with Crippen LogP contribution in [0.3, 0.4) is 0 Å². The van der Waals surface area contributed by atoms with Crippen molar-refractivity contribution in [2.45, 2.75) is 51.5 Å². The fourth-order valence-corrected chi connectivity index (χ4v) is 3.56. The Kier molecular flexibility index (Phi) is 3.94. The van der Waals surface area contributed by atoms with Gasteiger partial charge in [0.05, 0.1) is 6.61 Å². The van der Waals surface area contributed by atoms with E-state index in [1.807, 2.05) is 0 Å². The van der Waals surface area contributed by atoms with Gasteiger partial charge in [-0.2, -0.15) is 4.98 Å². The number of rotatable bonds is 3. The molecule has 0 N–H and O–H groups in total. The van der Waals surface area contributed by atoms with Crippen molar-refractivity contribution in [3.8, 4) is 0 Å². The van der Waals surface area contributed by atoms with Crippen molar-refractivity contribution in [3.63, 3.8) is 0 Å². The second-order valence-electron chi connectivity index (χ2n) is 5.68. The third kappa shape index (κ3) is 2.53. The van der Waals surface area contributed by atoms with Crippen LogP contribution in [0.5, 0.6) is 0 Å². The summed E-state index contributed by atoms with van der Waals surface area (Å²) in [6.07, 6.45) is 9.05. The first-order chi connectivity index (χ1) is 9.79. The van der Waals surface area contributed by atoms with Crippen LogP contribution >= 0.6 is 0 Å². The van der Waals surface area contributed by atoms with E-state index >= 15 is 0 Å². The quantitative estimate of drug-likeness (QED) is 0.795. The molecule has 1 aromatic rings. The van der Waals surface area contributed by atoms with Crippen LogP contribution in [0.25, 0.3) is 0 Å². The zero-order valence-corrected chi connectivity index (χ0v) is 12.0. The molecule has 1 saturated carbocycles. The van der Waals surface area contributed by atoms with Crippen LogP contribution in [0, 0.1) is 5.92 Å². The van der Waals surface area contributed by atoms with Gasteiger partial charge in [-0.3, -0.25) is 0 Å². The molecule has 0 unspecified atom stereocenters. The van der Waals surface area contributed by atoms with Gasteiger partial charge in [0.15, 0.2) is 5.69 Å². The minimum Gasteiger partial charge on any atom is -0.461 e. The molecule has 2 aliphatic rings. The highest BCUT2D eigenvalue weighted by Crippen LogP contribution is 2.37. The normalized spacial score (nSPS) is 26.1. The lowest BCUT2D eigenvalue weighted by atomic mass is 9.78. The number of anilines is 1. The van der Waals surface area contributed by atoms with Crippen LogP contribution in [-0.4, -0.2) is 30.1 Å². The molecular weight excluding hydrogens is 256 g/mol. The fourth-order valence-electron chi connectivity index (χ4n) is 3.56. The monoisotopic (exact) mass is 278 g/mol. The van der Waals surface area contributed by atoms with Crippen LogP contribution in [0.4, 0.5) is 6.01 Å². The number of hydrogen-bond acceptors (Lipinski definition) is 5. The van der Waals surface area contributed by atoms with E-state index in [1.165, 1.54) is 44.8 Å². The van der Waals surface area contributed by atoms with E-state index < -0.39 is 5.97 Å². The molecular formula is C15H22N2O3. The molecule has 0 aromatic carbocycles. The highest BCUT2D eigenvalue weighted by Gasteiger charge is 2.35. The smallest absolute Gasteiger partial charge is 0.360 e. The molecule has 5 heteroatoms. The van der Waals surface area contributed by atoms with Crippen molar-refractivity contribution in [1.29, 1.82) is 0 Å². The summed E-state index contributed by atoms with van der Waals surface area (Å²) in [5.74, 6) is 0.357. The maximum absolute atomic E-state index is 11.7. The van der Waals surface area contributed by atoms with Crippen LogP contribution in [0.2, 0.25) is 0 Å². The van der Waals surface area contributed by atoms with E-state index in [9.17, 15) is 4.79 Å². The van der Waals surface area contributed by atoms with Gasteiger partial charge < -0.3 is 14.1 Å². The Labute approximate surface area is 119 Å². The molecule has 2 fully saturated rings. The predicted octanol–water partition coefficient (Wildman–Crippen LogP) is 3.01. The first kappa shape index (κ1) is 13.5. The average molecular weight is 278 g/mol. The van der Waals surface area contributed by atoms with E-state index in [-0.39, 0.29) is 5.69 Å². The largest absolute Gasteiger partial charge is 0.461 e. The summed E-state index contributed by atoms with van der Waals surface area (Å²) in [5.41, 5.74) is 0.278. The van der Waals surface area contributed by atoms with Crippen LogP contribution in [0.1, 0.15) is 55.9 Å². The van der Waals surface area contributed by atoms with E-state index in [1.54, 1.807) is 6.92 Å². The summed E-state index contributed by atoms with van der Waals surface area (Å²) >= 11 is 0. The Bertz CT molecular complexity index is 469. The SMILES string of the molecule is CCOC(=O)c1coc(N2CCC[C@H]3CCCC[C@H]32)n1. The second-order valence-corrected chi connectivity index (χ2v) is 5.68. The molecule has 0 spiro atoms. The zero-order chi connectivity index (χ0) is 13.9. The highest BCUT2D eigenvalue weighted by molar-refractivity contribution is 5.87. The number of piperidine rings is 1. The van der Waals surface area contributed by atoms with Crippen molar-refractivity contribution in [3.05, 3.63) is 12.0 Å².